The maximum Gasteiger partial charge on any atom is 0.255 e. The minimum absolute atomic E-state index is 0.196. The highest BCUT2D eigenvalue weighted by atomic mass is 35.5. The highest BCUT2D eigenvalue weighted by Gasteiger charge is 2.07. The van der Waals surface area contributed by atoms with Crippen molar-refractivity contribution in [1.82, 2.24) is 9.97 Å². The fraction of sp³-hybridized carbons (Fsp3) is 0. The minimum atomic E-state index is -0.196. The Kier molecular flexibility index (Phi) is 3.31. The summed E-state index contributed by atoms with van der Waals surface area (Å²) in [4.78, 5) is 20.3. The summed E-state index contributed by atoms with van der Waals surface area (Å²) >= 11 is 5.78. The summed E-state index contributed by atoms with van der Waals surface area (Å²) in [7, 11) is 0. The van der Waals surface area contributed by atoms with Crippen LogP contribution >= 0.6 is 11.6 Å². The molecule has 1 N–H and O–H groups in total. The molecular formula is C15H10ClN3O. The van der Waals surface area contributed by atoms with Gasteiger partial charge in [0.25, 0.3) is 5.91 Å². The topological polar surface area (TPSA) is 54.9 Å². The number of halogens is 1. The van der Waals surface area contributed by atoms with Gasteiger partial charge in [0.1, 0.15) is 5.15 Å². The van der Waals surface area contributed by atoms with Crippen LogP contribution in [-0.2, 0) is 0 Å². The quantitative estimate of drug-likeness (QED) is 0.732. The normalized spacial score (nSPS) is 10.4. The molecule has 98 valence electrons. The van der Waals surface area contributed by atoms with E-state index in [-0.39, 0.29) is 5.91 Å². The van der Waals surface area contributed by atoms with E-state index in [0.717, 1.165) is 10.9 Å². The smallest absolute Gasteiger partial charge is 0.255 e. The Hall–Kier alpha value is -2.46. The molecule has 0 unspecified atom stereocenters. The zero-order valence-electron chi connectivity index (χ0n) is 10.4. The summed E-state index contributed by atoms with van der Waals surface area (Å²) in [5.74, 6) is -0.196. The lowest BCUT2D eigenvalue weighted by Gasteiger charge is -2.06. The third kappa shape index (κ3) is 2.60. The first kappa shape index (κ1) is 12.6. The average Bonchev–Trinajstić information content (AvgIpc) is 2.47. The molecule has 0 saturated heterocycles. The molecule has 2 aromatic heterocycles. The summed E-state index contributed by atoms with van der Waals surface area (Å²) in [5.41, 5.74) is 2.04. The predicted octanol–water partition coefficient (Wildman–Crippen LogP) is 3.54. The van der Waals surface area contributed by atoms with Gasteiger partial charge in [-0.05, 0) is 36.4 Å². The van der Waals surface area contributed by atoms with Crippen LogP contribution in [0.25, 0.3) is 10.9 Å². The molecule has 3 aromatic rings. The van der Waals surface area contributed by atoms with Gasteiger partial charge in [-0.25, -0.2) is 4.98 Å². The molecule has 4 nitrogen and oxygen atoms in total. The molecule has 0 saturated carbocycles. The Balaban J connectivity index is 1.88. The second-order valence-electron chi connectivity index (χ2n) is 4.23. The highest BCUT2D eigenvalue weighted by molar-refractivity contribution is 6.29. The van der Waals surface area contributed by atoms with Crippen LogP contribution in [0.4, 0.5) is 5.69 Å². The Bertz CT molecular complexity index is 789. The predicted molar refractivity (Wildman–Crippen MR) is 78.9 cm³/mol. The summed E-state index contributed by atoms with van der Waals surface area (Å²) in [5, 5.41) is 4.04. The number of rotatable bonds is 2. The lowest BCUT2D eigenvalue weighted by Crippen LogP contribution is -2.11. The van der Waals surface area contributed by atoms with Crippen LogP contribution in [0.3, 0.4) is 0 Å². The number of pyridine rings is 2. The van der Waals surface area contributed by atoms with Gasteiger partial charge in [0.05, 0.1) is 5.52 Å². The van der Waals surface area contributed by atoms with Gasteiger partial charge in [-0.3, -0.25) is 9.78 Å². The first-order valence-corrected chi connectivity index (χ1v) is 6.38. The van der Waals surface area contributed by atoms with E-state index in [1.807, 2.05) is 18.2 Å². The Morgan fingerprint density at radius 3 is 2.80 bits per heavy atom. The standard InChI is InChI=1S/C15H10ClN3O/c16-14-9-12(5-7-18-14)19-15(20)11-3-4-13-10(8-11)2-1-6-17-13/h1-9H,(H,18,19,20). The third-order valence-electron chi connectivity index (χ3n) is 2.85. The molecule has 2 heterocycles. The van der Waals surface area contributed by atoms with E-state index >= 15 is 0 Å². The molecule has 20 heavy (non-hydrogen) atoms. The van der Waals surface area contributed by atoms with E-state index in [4.69, 9.17) is 11.6 Å². The van der Waals surface area contributed by atoms with Crippen LogP contribution in [0.15, 0.2) is 54.9 Å². The minimum Gasteiger partial charge on any atom is -0.322 e. The second-order valence-corrected chi connectivity index (χ2v) is 4.62. The van der Waals surface area contributed by atoms with Crippen LogP contribution in [0, 0.1) is 0 Å². The molecule has 1 amide bonds. The zero-order valence-corrected chi connectivity index (χ0v) is 11.1. The van der Waals surface area contributed by atoms with Gasteiger partial charge >= 0.3 is 0 Å². The Morgan fingerprint density at radius 1 is 1.05 bits per heavy atom. The van der Waals surface area contributed by atoms with Gasteiger partial charge in [0.2, 0.25) is 0 Å². The van der Waals surface area contributed by atoms with Crippen molar-refractivity contribution in [2.45, 2.75) is 0 Å². The van der Waals surface area contributed by atoms with Gasteiger partial charge in [-0.1, -0.05) is 17.7 Å². The SMILES string of the molecule is O=C(Nc1ccnc(Cl)c1)c1ccc2ncccc2c1. The monoisotopic (exact) mass is 283 g/mol. The number of hydrogen-bond acceptors (Lipinski definition) is 3. The molecule has 3 rings (SSSR count). The lowest BCUT2D eigenvalue weighted by molar-refractivity contribution is 0.102. The number of nitrogens with zero attached hydrogens (tertiary/aromatic N) is 2. The van der Waals surface area contributed by atoms with Gasteiger partial charge in [-0.15, -0.1) is 0 Å². The van der Waals surface area contributed by atoms with E-state index in [1.54, 1.807) is 36.7 Å². The summed E-state index contributed by atoms with van der Waals surface area (Å²) < 4.78 is 0. The number of hydrogen-bond donors (Lipinski definition) is 1. The number of amides is 1. The van der Waals surface area contributed by atoms with E-state index < -0.39 is 0 Å². The summed E-state index contributed by atoms with van der Waals surface area (Å²) in [6.07, 6.45) is 3.27. The van der Waals surface area contributed by atoms with E-state index in [2.05, 4.69) is 15.3 Å². The number of carbonyl (C=O) groups is 1. The van der Waals surface area contributed by atoms with Crippen LogP contribution in [0.2, 0.25) is 5.15 Å². The van der Waals surface area contributed by atoms with Crippen molar-refractivity contribution >= 4 is 34.1 Å². The van der Waals surface area contributed by atoms with Crippen molar-refractivity contribution in [2.75, 3.05) is 5.32 Å². The van der Waals surface area contributed by atoms with Crippen molar-refractivity contribution in [2.24, 2.45) is 0 Å². The Labute approximate surface area is 120 Å². The molecule has 0 aliphatic carbocycles. The number of fused-ring (bicyclic) bond motifs is 1. The maximum absolute atomic E-state index is 12.2. The van der Waals surface area contributed by atoms with Crippen LogP contribution in [-0.4, -0.2) is 15.9 Å². The molecular weight excluding hydrogens is 274 g/mol. The van der Waals surface area contributed by atoms with Crippen LogP contribution in [0.5, 0.6) is 0 Å². The Morgan fingerprint density at radius 2 is 1.95 bits per heavy atom. The van der Waals surface area contributed by atoms with Gasteiger partial charge in [0.15, 0.2) is 0 Å². The maximum atomic E-state index is 12.2. The van der Waals surface area contributed by atoms with Crippen molar-refractivity contribution in [3.63, 3.8) is 0 Å². The largest absolute Gasteiger partial charge is 0.322 e. The molecule has 0 spiro atoms. The molecule has 1 aromatic carbocycles. The van der Waals surface area contributed by atoms with Crippen molar-refractivity contribution in [3.05, 3.63) is 65.6 Å². The molecule has 0 aliphatic heterocycles. The van der Waals surface area contributed by atoms with Crippen molar-refractivity contribution in [1.29, 1.82) is 0 Å². The van der Waals surface area contributed by atoms with E-state index in [0.29, 0.717) is 16.4 Å². The molecule has 0 bridgehead atoms. The molecule has 5 heteroatoms. The number of nitrogens with one attached hydrogen (secondary N) is 1. The van der Waals surface area contributed by atoms with Gasteiger partial charge < -0.3 is 5.32 Å². The van der Waals surface area contributed by atoms with Crippen molar-refractivity contribution in [3.8, 4) is 0 Å². The van der Waals surface area contributed by atoms with Gasteiger partial charge in [0, 0.05) is 29.0 Å². The second kappa shape index (κ2) is 5.27. The molecule has 0 aliphatic rings. The third-order valence-corrected chi connectivity index (χ3v) is 3.06. The van der Waals surface area contributed by atoms with E-state index in [1.165, 1.54) is 0 Å². The van der Waals surface area contributed by atoms with Crippen LogP contribution < -0.4 is 5.32 Å². The summed E-state index contributed by atoms with van der Waals surface area (Å²) in [6.45, 7) is 0. The fourth-order valence-corrected chi connectivity index (χ4v) is 2.07. The zero-order chi connectivity index (χ0) is 13.9. The lowest BCUT2D eigenvalue weighted by atomic mass is 10.1. The number of benzene rings is 1. The van der Waals surface area contributed by atoms with Crippen LogP contribution in [0.1, 0.15) is 10.4 Å². The molecule has 0 fully saturated rings. The number of aromatic nitrogens is 2. The molecule has 0 atom stereocenters. The first-order valence-electron chi connectivity index (χ1n) is 6.00. The van der Waals surface area contributed by atoms with Crippen molar-refractivity contribution < 1.29 is 4.79 Å². The fourth-order valence-electron chi connectivity index (χ4n) is 1.90. The van der Waals surface area contributed by atoms with Gasteiger partial charge in [-0.2, -0.15) is 0 Å². The van der Waals surface area contributed by atoms with E-state index in [9.17, 15) is 4.79 Å². The highest BCUT2D eigenvalue weighted by Crippen LogP contribution is 2.16. The molecule has 0 radical (unpaired) electrons. The average molecular weight is 284 g/mol. The summed E-state index contributed by atoms with van der Waals surface area (Å²) in [6, 6.07) is 12.4. The number of anilines is 1. The number of carbonyl (C=O) groups excluding carboxylic acids is 1. The first-order chi connectivity index (χ1) is 9.72.